The molecule has 1 aromatic carbocycles. The molecule has 2 bridgehead atoms. The number of fused-ring (bicyclic) bond motifs is 5. The van der Waals surface area contributed by atoms with Crippen molar-refractivity contribution in [1.82, 2.24) is 29.8 Å². The Morgan fingerprint density at radius 3 is 2.70 bits per heavy atom. The maximum atomic E-state index is 15.4. The molecule has 0 saturated carbocycles. The predicted octanol–water partition coefficient (Wildman–Crippen LogP) is 3.29. The summed E-state index contributed by atoms with van der Waals surface area (Å²) in [6.45, 7) is 0.656. The number of nitrogens with zero attached hydrogens (tertiary/aromatic N) is 6. The summed E-state index contributed by atoms with van der Waals surface area (Å²) in [5, 5.41) is 8.41. The van der Waals surface area contributed by atoms with Crippen LogP contribution in [0.3, 0.4) is 0 Å². The van der Waals surface area contributed by atoms with E-state index in [-0.39, 0.29) is 41.3 Å². The first-order valence-corrected chi connectivity index (χ1v) is 11.5. The summed E-state index contributed by atoms with van der Waals surface area (Å²) in [5.41, 5.74) is 6.01. The second-order valence-electron chi connectivity index (χ2n) is 9.24. The summed E-state index contributed by atoms with van der Waals surface area (Å²) in [5.74, 6) is -1.25. The van der Waals surface area contributed by atoms with Gasteiger partial charge in [-0.25, -0.2) is 14.4 Å². The van der Waals surface area contributed by atoms with Crippen molar-refractivity contribution in [1.29, 1.82) is 0 Å². The molecule has 4 aromatic rings. The minimum atomic E-state index is -4.53. The highest BCUT2D eigenvalue weighted by atomic mass is 19.4. The highest BCUT2D eigenvalue weighted by Crippen LogP contribution is 2.34. The van der Waals surface area contributed by atoms with E-state index in [2.05, 4.69) is 15.1 Å². The standard InChI is InChI=1S/C24H21F4N7O2/c1-33-21-17-5-16(19(25)6-20(17)32-22(29)18(21)8-31-33)23(36)35(34-10-15-4-14(34)11-37-15)9-13-3-2-12(7-30-13)24(26,27)28/h2-3,5-8,14-15H,4,9-11H2,1H3,(H2,29,32)/t14-,15-/m0/s1. The topological polar surface area (TPSA) is 102 Å². The molecular formula is C24H21F4N7O2. The SMILES string of the molecule is Cn1ncc2c(N)nc3cc(F)c(C(=O)N(Cc4ccc(C(F)(F)F)cn4)N4C[C@@H]5C[C@H]4CO5)cc3c21. The normalized spacial score (nSPS) is 19.8. The van der Waals surface area contributed by atoms with Crippen LogP contribution >= 0.6 is 0 Å². The molecule has 9 nitrogen and oxygen atoms in total. The molecule has 2 atom stereocenters. The van der Waals surface area contributed by atoms with Crippen molar-refractivity contribution in [2.45, 2.75) is 31.3 Å². The molecule has 2 saturated heterocycles. The monoisotopic (exact) mass is 515 g/mol. The highest BCUT2D eigenvalue weighted by Gasteiger charge is 2.44. The minimum Gasteiger partial charge on any atom is -0.383 e. The van der Waals surface area contributed by atoms with Crippen molar-refractivity contribution in [2.75, 3.05) is 18.9 Å². The van der Waals surface area contributed by atoms with Gasteiger partial charge in [0, 0.05) is 31.2 Å². The van der Waals surface area contributed by atoms with E-state index in [1.165, 1.54) is 17.1 Å². The average molecular weight is 515 g/mol. The van der Waals surface area contributed by atoms with E-state index in [1.807, 2.05) is 0 Å². The van der Waals surface area contributed by atoms with Gasteiger partial charge in [-0.3, -0.25) is 19.5 Å². The third-order valence-corrected chi connectivity index (χ3v) is 6.91. The number of ether oxygens (including phenoxy) is 1. The lowest BCUT2D eigenvalue weighted by molar-refractivity contribution is -0.137. The Kier molecular flexibility index (Phi) is 5.31. The van der Waals surface area contributed by atoms with Crippen molar-refractivity contribution in [3.05, 3.63) is 59.3 Å². The molecule has 2 fully saturated rings. The smallest absolute Gasteiger partial charge is 0.383 e. The highest BCUT2D eigenvalue weighted by molar-refractivity contribution is 6.10. The van der Waals surface area contributed by atoms with Crippen LogP contribution in [0.2, 0.25) is 0 Å². The number of alkyl halides is 3. The number of pyridine rings is 2. The van der Waals surface area contributed by atoms with E-state index < -0.39 is 23.5 Å². The molecule has 192 valence electrons. The first-order chi connectivity index (χ1) is 17.6. The maximum absolute atomic E-state index is 15.4. The van der Waals surface area contributed by atoms with Crippen molar-refractivity contribution < 1.29 is 27.1 Å². The number of rotatable bonds is 4. The third kappa shape index (κ3) is 3.94. The van der Waals surface area contributed by atoms with Gasteiger partial charge in [0.2, 0.25) is 0 Å². The van der Waals surface area contributed by atoms with Crippen molar-refractivity contribution in [3.63, 3.8) is 0 Å². The van der Waals surface area contributed by atoms with Crippen molar-refractivity contribution in [2.24, 2.45) is 7.05 Å². The molecule has 2 aliphatic rings. The Balaban J connectivity index is 1.42. The Morgan fingerprint density at radius 2 is 2.05 bits per heavy atom. The third-order valence-electron chi connectivity index (χ3n) is 6.91. The second kappa shape index (κ2) is 8.35. The van der Waals surface area contributed by atoms with E-state index in [0.29, 0.717) is 35.9 Å². The van der Waals surface area contributed by atoms with E-state index in [9.17, 15) is 18.0 Å². The zero-order valence-electron chi connectivity index (χ0n) is 19.5. The molecule has 13 heteroatoms. The van der Waals surface area contributed by atoms with Crippen LogP contribution < -0.4 is 5.73 Å². The van der Waals surface area contributed by atoms with Gasteiger partial charge < -0.3 is 10.5 Å². The molecule has 6 rings (SSSR count). The summed E-state index contributed by atoms with van der Waals surface area (Å²) >= 11 is 0. The lowest BCUT2D eigenvalue weighted by Gasteiger charge is -2.37. The Labute approximate surface area is 207 Å². The first-order valence-electron chi connectivity index (χ1n) is 11.5. The fourth-order valence-electron chi connectivity index (χ4n) is 5.08. The van der Waals surface area contributed by atoms with Gasteiger partial charge in [0.05, 0.1) is 64.7 Å². The Hall–Kier alpha value is -3.84. The molecule has 5 heterocycles. The molecule has 37 heavy (non-hydrogen) atoms. The van der Waals surface area contributed by atoms with E-state index in [1.54, 1.807) is 22.9 Å². The molecule has 1 amide bonds. The fourth-order valence-corrected chi connectivity index (χ4v) is 5.08. The van der Waals surface area contributed by atoms with Crippen molar-refractivity contribution in [3.8, 4) is 0 Å². The van der Waals surface area contributed by atoms with Gasteiger partial charge in [-0.2, -0.15) is 18.3 Å². The number of aromatic nitrogens is 4. The minimum absolute atomic E-state index is 0.0800. The number of carbonyl (C=O) groups excluding carboxylic acids is 1. The van der Waals surface area contributed by atoms with Gasteiger partial charge in [0.1, 0.15) is 11.6 Å². The van der Waals surface area contributed by atoms with Crippen molar-refractivity contribution >= 4 is 33.5 Å². The molecule has 2 N–H and O–H groups in total. The van der Waals surface area contributed by atoms with Gasteiger partial charge in [-0.05, 0) is 24.6 Å². The number of anilines is 1. The Morgan fingerprint density at radius 1 is 1.24 bits per heavy atom. The van der Waals surface area contributed by atoms with E-state index >= 15 is 4.39 Å². The van der Waals surface area contributed by atoms with Gasteiger partial charge >= 0.3 is 6.18 Å². The number of hydrogen-bond donors (Lipinski definition) is 1. The van der Waals surface area contributed by atoms with Gasteiger partial charge in [0.15, 0.2) is 0 Å². The van der Waals surface area contributed by atoms with Crippen LogP contribution in [0.4, 0.5) is 23.4 Å². The Bertz CT molecular complexity index is 1540. The number of morpholine rings is 1. The summed E-state index contributed by atoms with van der Waals surface area (Å²) in [6.07, 6.45) is -1.64. The molecule has 0 spiro atoms. The molecule has 2 aliphatic heterocycles. The van der Waals surface area contributed by atoms with Crippen LogP contribution in [0.25, 0.3) is 21.8 Å². The second-order valence-corrected chi connectivity index (χ2v) is 9.24. The van der Waals surface area contributed by atoms with Crippen LogP contribution in [-0.2, 0) is 24.5 Å². The van der Waals surface area contributed by atoms with E-state index in [0.717, 1.165) is 18.3 Å². The molecule has 0 aliphatic carbocycles. The zero-order chi connectivity index (χ0) is 26.1. The number of amides is 1. The van der Waals surface area contributed by atoms with Gasteiger partial charge in [-0.1, -0.05) is 0 Å². The van der Waals surface area contributed by atoms with Crippen LogP contribution in [0.15, 0.2) is 36.7 Å². The quantitative estimate of drug-likeness (QED) is 0.416. The predicted molar refractivity (Wildman–Crippen MR) is 124 cm³/mol. The maximum Gasteiger partial charge on any atom is 0.417 e. The average Bonchev–Trinajstić information content (AvgIpc) is 3.58. The number of aryl methyl sites for hydroxylation is 1. The number of benzene rings is 1. The lowest BCUT2D eigenvalue weighted by atomic mass is 10.1. The first kappa shape index (κ1) is 23.6. The molecule has 3 aromatic heterocycles. The number of carbonyl (C=O) groups is 1. The van der Waals surface area contributed by atoms with Crippen LogP contribution in [0.5, 0.6) is 0 Å². The zero-order valence-corrected chi connectivity index (χ0v) is 19.5. The molecule has 0 radical (unpaired) electrons. The number of nitrogens with two attached hydrogens (primary N) is 1. The van der Waals surface area contributed by atoms with Gasteiger partial charge in [-0.15, -0.1) is 0 Å². The van der Waals surface area contributed by atoms with Crippen LogP contribution in [0.1, 0.15) is 28.0 Å². The summed E-state index contributed by atoms with van der Waals surface area (Å²) < 4.78 is 61.6. The molecule has 0 unspecified atom stereocenters. The summed E-state index contributed by atoms with van der Waals surface area (Å²) in [7, 11) is 1.70. The van der Waals surface area contributed by atoms with E-state index in [4.69, 9.17) is 10.5 Å². The summed E-state index contributed by atoms with van der Waals surface area (Å²) in [6, 6.07) is 4.59. The molecular weight excluding hydrogens is 494 g/mol. The fraction of sp³-hybridized carbons (Fsp3) is 0.333. The number of hydrogen-bond acceptors (Lipinski definition) is 7. The summed E-state index contributed by atoms with van der Waals surface area (Å²) in [4.78, 5) is 22.0. The number of nitrogen functional groups attached to an aromatic ring is 1. The lowest BCUT2D eigenvalue weighted by Crippen LogP contribution is -2.52. The van der Waals surface area contributed by atoms with Crippen LogP contribution in [-0.4, -0.2) is 61.0 Å². The van der Waals surface area contributed by atoms with Crippen LogP contribution in [0, 0.1) is 5.82 Å². The number of hydrazine groups is 1. The number of halogens is 4. The van der Waals surface area contributed by atoms with Gasteiger partial charge in [0.25, 0.3) is 5.91 Å². The largest absolute Gasteiger partial charge is 0.417 e.